The summed E-state index contributed by atoms with van der Waals surface area (Å²) in [5.41, 5.74) is 3.51. The van der Waals surface area contributed by atoms with Crippen molar-refractivity contribution in [3.05, 3.63) is 29.3 Å². The number of benzene rings is 1. The van der Waals surface area contributed by atoms with E-state index in [0.717, 1.165) is 5.69 Å². The van der Waals surface area contributed by atoms with Crippen molar-refractivity contribution in [2.45, 2.75) is 39.6 Å². The van der Waals surface area contributed by atoms with E-state index in [1.165, 1.54) is 11.1 Å². The zero-order chi connectivity index (χ0) is 14.8. The second-order valence-corrected chi connectivity index (χ2v) is 5.99. The zero-order valence-electron chi connectivity index (χ0n) is 12.4. The molecule has 0 spiro atoms. The van der Waals surface area contributed by atoms with Crippen molar-refractivity contribution in [2.24, 2.45) is 0 Å². The van der Waals surface area contributed by atoms with Gasteiger partial charge in [0.2, 0.25) is 0 Å². The van der Waals surface area contributed by atoms with Crippen molar-refractivity contribution in [2.75, 3.05) is 18.5 Å². The molecule has 1 aliphatic rings. The normalized spacial score (nSPS) is 20.7. The van der Waals surface area contributed by atoms with Gasteiger partial charge in [-0.15, -0.1) is 0 Å². The first-order valence-corrected chi connectivity index (χ1v) is 7.20. The number of aryl methyl sites for hydroxylation is 2. The van der Waals surface area contributed by atoms with Gasteiger partial charge in [-0.2, -0.15) is 0 Å². The third-order valence-corrected chi connectivity index (χ3v) is 3.57. The Morgan fingerprint density at radius 1 is 1.35 bits per heavy atom. The van der Waals surface area contributed by atoms with E-state index in [1.807, 2.05) is 19.9 Å². The second kappa shape index (κ2) is 6.08. The van der Waals surface area contributed by atoms with Gasteiger partial charge in [0, 0.05) is 12.2 Å². The molecule has 0 aromatic heterocycles. The molecule has 2 rings (SSSR count). The first kappa shape index (κ1) is 15.2. The minimum atomic E-state index is -0.491. The average molecular weight is 294 g/mol. The van der Waals surface area contributed by atoms with E-state index in [1.54, 1.807) is 0 Å². The Kier molecular flexibility index (Phi) is 4.62. The molecule has 5 heteroatoms. The fourth-order valence-electron chi connectivity index (χ4n) is 2.06. The molecule has 110 valence electrons. The molecule has 4 nitrogen and oxygen atoms in total. The quantitative estimate of drug-likeness (QED) is 0.839. The van der Waals surface area contributed by atoms with Crippen LogP contribution in [-0.4, -0.2) is 30.2 Å². The monoisotopic (exact) mass is 294 g/mol. The lowest BCUT2D eigenvalue weighted by Gasteiger charge is -2.18. The maximum Gasteiger partial charge on any atom is 0.170 e. The van der Waals surface area contributed by atoms with Crippen molar-refractivity contribution in [3.63, 3.8) is 0 Å². The van der Waals surface area contributed by atoms with Crippen LogP contribution in [0, 0.1) is 13.8 Å². The summed E-state index contributed by atoms with van der Waals surface area (Å²) in [6, 6.07) is 6.19. The van der Waals surface area contributed by atoms with E-state index in [9.17, 15) is 0 Å². The Labute approximate surface area is 125 Å². The summed E-state index contributed by atoms with van der Waals surface area (Å²) in [6.45, 7) is 9.24. The third-order valence-electron chi connectivity index (χ3n) is 3.32. The highest BCUT2D eigenvalue weighted by molar-refractivity contribution is 7.80. The number of hydrogen-bond acceptors (Lipinski definition) is 3. The Bertz CT molecular complexity index is 503. The Balaban J connectivity index is 1.79. The van der Waals surface area contributed by atoms with Crippen LogP contribution in [-0.2, 0) is 9.47 Å². The van der Waals surface area contributed by atoms with Crippen molar-refractivity contribution in [1.29, 1.82) is 0 Å². The predicted octanol–water partition coefficient (Wildman–Crippen LogP) is 2.74. The summed E-state index contributed by atoms with van der Waals surface area (Å²) < 4.78 is 11.2. The number of nitrogens with one attached hydrogen (secondary N) is 2. The molecule has 1 unspecified atom stereocenters. The van der Waals surface area contributed by atoms with E-state index < -0.39 is 5.79 Å². The molecule has 2 N–H and O–H groups in total. The largest absolute Gasteiger partial charge is 0.360 e. The highest BCUT2D eigenvalue weighted by Crippen LogP contribution is 2.21. The van der Waals surface area contributed by atoms with Crippen LogP contribution in [0.4, 0.5) is 5.69 Å². The molecule has 1 atom stereocenters. The number of rotatable bonds is 3. The van der Waals surface area contributed by atoms with Crippen LogP contribution in [0.2, 0.25) is 0 Å². The Morgan fingerprint density at radius 3 is 2.70 bits per heavy atom. The molecule has 1 aliphatic heterocycles. The van der Waals surface area contributed by atoms with Gasteiger partial charge in [-0.3, -0.25) is 0 Å². The number of thiocarbonyl (C=S) groups is 1. The van der Waals surface area contributed by atoms with Crippen molar-refractivity contribution < 1.29 is 9.47 Å². The highest BCUT2D eigenvalue weighted by atomic mass is 32.1. The molecular weight excluding hydrogens is 272 g/mol. The van der Waals surface area contributed by atoms with Gasteiger partial charge in [0.15, 0.2) is 10.9 Å². The zero-order valence-corrected chi connectivity index (χ0v) is 13.3. The molecule has 0 bridgehead atoms. The summed E-state index contributed by atoms with van der Waals surface area (Å²) in [4.78, 5) is 0. The molecule has 0 radical (unpaired) electrons. The molecule has 1 fully saturated rings. The maximum atomic E-state index is 5.71. The molecule has 0 saturated carbocycles. The minimum Gasteiger partial charge on any atom is -0.360 e. The van der Waals surface area contributed by atoms with E-state index in [4.69, 9.17) is 21.7 Å². The first-order chi connectivity index (χ1) is 9.35. The number of hydrogen-bond donors (Lipinski definition) is 2. The third kappa shape index (κ3) is 4.16. The highest BCUT2D eigenvalue weighted by Gasteiger charge is 2.32. The van der Waals surface area contributed by atoms with Gasteiger partial charge < -0.3 is 20.1 Å². The van der Waals surface area contributed by atoms with Crippen LogP contribution in [0.15, 0.2) is 18.2 Å². The van der Waals surface area contributed by atoms with Gasteiger partial charge in [-0.1, -0.05) is 6.07 Å². The molecule has 1 saturated heterocycles. The molecule has 20 heavy (non-hydrogen) atoms. The summed E-state index contributed by atoms with van der Waals surface area (Å²) >= 11 is 5.29. The first-order valence-electron chi connectivity index (χ1n) is 6.79. The number of anilines is 1. The second-order valence-electron chi connectivity index (χ2n) is 5.58. The van der Waals surface area contributed by atoms with E-state index >= 15 is 0 Å². The average Bonchev–Trinajstić information content (AvgIpc) is 2.71. The fourth-order valence-corrected chi connectivity index (χ4v) is 2.27. The minimum absolute atomic E-state index is 0.0319. The Morgan fingerprint density at radius 2 is 2.10 bits per heavy atom. The topological polar surface area (TPSA) is 42.5 Å². The molecule has 0 aliphatic carbocycles. The predicted molar refractivity (Wildman–Crippen MR) is 85.0 cm³/mol. The summed E-state index contributed by atoms with van der Waals surface area (Å²) in [6.07, 6.45) is 0.0319. The van der Waals surface area contributed by atoms with Crippen LogP contribution >= 0.6 is 12.2 Å². The molecule has 1 aromatic rings. The molecule has 1 aromatic carbocycles. The van der Waals surface area contributed by atoms with Gasteiger partial charge in [-0.25, -0.2) is 0 Å². The van der Waals surface area contributed by atoms with Gasteiger partial charge in [0.1, 0.15) is 6.10 Å². The van der Waals surface area contributed by atoms with Crippen molar-refractivity contribution in [3.8, 4) is 0 Å². The molecule has 0 amide bonds. The van der Waals surface area contributed by atoms with Crippen LogP contribution in [0.5, 0.6) is 0 Å². The van der Waals surface area contributed by atoms with Crippen molar-refractivity contribution in [1.82, 2.24) is 5.32 Å². The summed E-state index contributed by atoms with van der Waals surface area (Å²) in [5, 5.41) is 6.94. The smallest absolute Gasteiger partial charge is 0.170 e. The molecule has 1 heterocycles. The van der Waals surface area contributed by atoms with Gasteiger partial charge >= 0.3 is 0 Å². The van der Waals surface area contributed by atoms with Gasteiger partial charge in [-0.05, 0) is 63.2 Å². The van der Waals surface area contributed by atoms with E-state index in [0.29, 0.717) is 18.3 Å². The SMILES string of the molecule is Cc1ccc(NC(=S)NCC2COC(C)(C)O2)cc1C. The standard InChI is InChI=1S/C15H22N2O2S/c1-10-5-6-12(7-11(10)2)17-14(20)16-8-13-9-18-15(3,4)19-13/h5-7,13H,8-9H2,1-4H3,(H2,16,17,20). The van der Waals surface area contributed by atoms with Crippen LogP contribution in [0.1, 0.15) is 25.0 Å². The molecular formula is C15H22N2O2S. The maximum absolute atomic E-state index is 5.71. The Hall–Kier alpha value is -1.17. The van der Waals surface area contributed by atoms with Crippen LogP contribution in [0.25, 0.3) is 0 Å². The lowest BCUT2D eigenvalue weighted by Crippen LogP contribution is -2.36. The summed E-state index contributed by atoms with van der Waals surface area (Å²) in [5.74, 6) is -0.491. The lowest BCUT2D eigenvalue weighted by molar-refractivity contribution is -0.137. The van der Waals surface area contributed by atoms with Gasteiger partial charge in [0.05, 0.1) is 6.61 Å². The van der Waals surface area contributed by atoms with E-state index in [-0.39, 0.29) is 6.10 Å². The summed E-state index contributed by atoms with van der Waals surface area (Å²) in [7, 11) is 0. The van der Waals surface area contributed by atoms with Crippen molar-refractivity contribution >= 4 is 23.0 Å². The van der Waals surface area contributed by atoms with Crippen LogP contribution < -0.4 is 10.6 Å². The van der Waals surface area contributed by atoms with Crippen LogP contribution in [0.3, 0.4) is 0 Å². The lowest BCUT2D eigenvalue weighted by atomic mass is 10.1. The van der Waals surface area contributed by atoms with E-state index in [2.05, 4.69) is 36.6 Å². The number of ether oxygens (including phenoxy) is 2. The van der Waals surface area contributed by atoms with Gasteiger partial charge in [0.25, 0.3) is 0 Å². The fraction of sp³-hybridized carbons (Fsp3) is 0.533.